The number of carbonyl (C=O) groups excluding carboxylic acids is 16. The van der Waals surface area contributed by atoms with Crippen LogP contribution in [0.4, 0.5) is 0 Å². The van der Waals surface area contributed by atoms with E-state index in [9.17, 15) is 76.7 Å². The van der Waals surface area contributed by atoms with Crippen molar-refractivity contribution in [2.45, 2.75) is 239 Å². The Kier molecular flexibility index (Phi) is 30.4. The van der Waals surface area contributed by atoms with Crippen LogP contribution in [0.3, 0.4) is 0 Å². The molecule has 2 N–H and O–H groups in total. The van der Waals surface area contributed by atoms with E-state index in [0.29, 0.717) is 0 Å². The van der Waals surface area contributed by atoms with Crippen molar-refractivity contribution in [3.05, 3.63) is 0 Å². The van der Waals surface area contributed by atoms with Crippen LogP contribution in [0.2, 0.25) is 0 Å². The molecule has 0 aromatic carbocycles. The average molecular weight is 1400 g/mol. The molecule has 0 aliphatic carbocycles. The standard InChI is InChI=1S/C58H80N2O37/c1-22(61)59-42-37(82-28(7)67)17-58(57(76)77-16,96-49(42)45(84-30(9)69)38(83-29(8)68)18-78-24(3)63)97-51-47(86-32(11)71)41(21-81-27(6)66)93-56(53(51)89-35(14)74)94-44-39(19-79-25(4)64)91-54(43(60-23(2)62)48(44)87-33(12)72)95-52-50(88-34(13)73)46(85-31(10)70)40(20-80-26(5)65)92-55(52)90-36(15)75/h37-56H,17-21H2,1-16H3,(H,59,61)(H,60,62)/t37-,38+,39+,40+,41+,42+,43+,44+,45+,46+,47-,48+,49+,50-,51-,52-,53+,54-,55-,56-,58-/m0/s1. The monoisotopic (exact) mass is 1400 g/mol. The van der Waals surface area contributed by atoms with Crippen molar-refractivity contribution in [2.24, 2.45) is 0 Å². The van der Waals surface area contributed by atoms with Gasteiger partial charge in [0.15, 0.2) is 61.4 Å². The third-order valence-electron chi connectivity index (χ3n) is 13.7. The molecule has 21 atom stereocenters. The second kappa shape index (κ2) is 36.5. The summed E-state index contributed by atoms with van der Waals surface area (Å²) in [5, 5.41) is 4.96. The number of amides is 2. The van der Waals surface area contributed by atoms with E-state index in [-0.39, 0.29) is 0 Å². The molecule has 0 radical (unpaired) electrons. The SMILES string of the molecule is COC(=O)[C@@]1(O[C@H]2[C@@H](OC(C)=O)[C@@H](COC(C)=O)O[C@@H](O[C@H]3[C@H](OC(C)=O)[C@@H](NC(C)=O)[C@H](O[C@@H]4[C@@H](OC(C)=O)O[C@H](COC(C)=O)[C@@H](OC(C)=O)[C@@H]4OC(C)=O)O[C@@H]3COC(C)=O)[C@@H]2OC(C)=O)C[C@H](OC(C)=O)[C@@H](NC(C)=O)[C@H]([C@H](OC(C)=O)[C@@H](COC(C)=O)OC(C)=O)O1. The van der Waals surface area contributed by atoms with Crippen LogP contribution in [-0.4, -0.2) is 257 Å². The van der Waals surface area contributed by atoms with Gasteiger partial charge in [-0.15, -0.1) is 0 Å². The molecule has 4 aliphatic rings. The summed E-state index contributed by atoms with van der Waals surface area (Å²) in [6.07, 6.45) is -38.5. The highest BCUT2D eigenvalue weighted by atomic mass is 16.8. The molecule has 2 amide bonds. The van der Waals surface area contributed by atoms with Gasteiger partial charge in [0.05, 0.1) is 19.6 Å². The van der Waals surface area contributed by atoms with Crippen LogP contribution in [0.1, 0.15) is 110 Å². The van der Waals surface area contributed by atoms with Gasteiger partial charge in [0, 0.05) is 104 Å². The summed E-state index contributed by atoms with van der Waals surface area (Å²) in [6.45, 7) is 10.1. The fourth-order valence-electron chi connectivity index (χ4n) is 10.7. The molecule has 39 heteroatoms. The lowest BCUT2D eigenvalue weighted by Gasteiger charge is -2.52. The number of nitrogens with one attached hydrogen (secondary N) is 2. The van der Waals surface area contributed by atoms with E-state index in [1.54, 1.807) is 0 Å². The third kappa shape index (κ3) is 24.1. The summed E-state index contributed by atoms with van der Waals surface area (Å²) in [6, 6.07) is -3.78. The Morgan fingerprint density at radius 2 is 0.794 bits per heavy atom. The van der Waals surface area contributed by atoms with E-state index in [0.717, 1.165) is 111 Å². The zero-order valence-corrected chi connectivity index (χ0v) is 55.7. The van der Waals surface area contributed by atoms with Gasteiger partial charge >= 0.3 is 83.6 Å². The van der Waals surface area contributed by atoms with Crippen molar-refractivity contribution in [1.29, 1.82) is 0 Å². The van der Waals surface area contributed by atoms with E-state index >= 15 is 0 Å². The summed E-state index contributed by atoms with van der Waals surface area (Å²) < 4.78 is 122. The second-order valence-electron chi connectivity index (χ2n) is 22.0. The van der Waals surface area contributed by atoms with Crippen LogP contribution in [-0.2, 0) is 176 Å². The van der Waals surface area contributed by atoms with Gasteiger partial charge in [-0.1, -0.05) is 0 Å². The Labute approximate surface area is 553 Å². The molecule has 4 heterocycles. The zero-order chi connectivity index (χ0) is 73.1. The Morgan fingerprint density at radius 3 is 1.24 bits per heavy atom. The summed E-state index contributed by atoms with van der Waals surface area (Å²) in [7, 11) is 0.782. The van der Waals surface area contributed by atoms with Gasteiger partial charge < -0.3 is 110 Å². The molecule has 0 unspecified atom stereocenters. The van der Waals surface area contributed by atoms with Gasteiger partial charge in [0.25, 0.3) is 5.79 Å². The van der Waals surface area contributed by atoms with Crippen molar-refractivity contribution >= 4 is 95.4 Å². The molecule has 4 saturated heterocycles. The van der Waals surface area contributed by atoms with Crippen LogP contribution in [0.15, 0.2) is 0 Å². The van der Waals surface area contributed by atoms with E-state index in [4.69, 9.17) is 99.5 Å². The van der Waals surface area contributed by atoms with Crippen LogP contribution in [0.5, 0.6) is 0 Å². The third-order valence-corrected chi connectivity index (χ3v) is 13.7. The smallest absolute Gasteiger partial charge is 0.366 e. The van der Waals surface area contributed by atoms with E-state index < -0.39 is 257 Å². The van der Waals surface area contributed by atoms with Gasteiger partial charge in [-0.2, -0.15) is 0 Å². The molecule has 0 bridgehead atoms. The summed E-state index contributed by atoms with van der Waals surface area (Å²) in [4.78, 5) is 210. The van der Waals surface area contributed by atoms with Gasteiger partial charge in [0.2, 0.25) is 18.1 Å². The Balaban J connectivity index is 2.13. The predicted octanol–water partition coefficient (Wildman–Crippen LogP) is -2.75. The number of esters is 14. The van der Waals surface area contributed by atoms with E-state index in [1.807, 2.05) is 0 Å². The predicted molar refractivity (Wildman–Crippen MR) is 303 cm³/mol. The molecule has 0 aromatic heterocycles. The summed E-state index contributed by atoms with van der Waals surface area (Å²) >= 11 is 0. The highest BCUT2D eigenvalue weighted by molar-refractivity contribution is 5.79. The molecule has 0 aromatic rings. The summed E-state index contributed by atoms with van der Waals surface area (Å²) in [5.74, 6) is -20.9. The topological polar surface area (TPSA) is 491 Å². The highest BCUT2D eigenvalue weighted by Gasteiger charge is 2.65. The molecular formula is C58H80N2O37. The molecule has 4 fully saturated rings. The van der Waals surface area contributed by atoms with Crippen LogP contribution < -0.4 is 10.6 Å². The largest absolute Gasteiger partial charge is 0.465 e. The molecule has 0 saturated carbocycles. The molecule has 39 nitrogen and oxygen atoms in total. The van der Waals surface area contributed by atoms with E-state index in [1.165, 1.54) is 0 Å². The lowest BCUT2D eigenvalue weighted by Crippen LogP contribution is -2.72. The minimum atomic E-state index is -3.27. The molecular weight excluding hydrogens is 1320 g/mol. The van der Waals surface area contributed by atoms with Crippen molar-refractivity contribution in [3.63, 3.8) is 0 Å². The summed E-state index contributed by atoms with van der Waals surface area (Å²) in [5.41, 5.74) is 0. The minimum absolute atomic E-state index is 0.729. The highest BCUT2D eigenvalue weighted by Crippen LogP contribution is 2.43. The zero-order valence-electron chi connectivity index (χ0n) is 55.7. The van der Waals surface area contributed by atoms with Crippen molar-refractivity contribution in [3.8, 4) is 0 Å². The number of methoxy groups -OCH3 is 1. The first-order valence-corrected chi connectivity index (χ1v) is 29.6. The van der Waals surface area contributed by atoms with Crippen LogP contribution in [0.25, 0.3) is 0 Å². The van der Waals surface area contributed by atoms with Crippen LogP contribution in [0, 0.1) is 0 Å². The Hall–Kier alpha value is -8.76. The quantitative estimate of drug-likeness (QED) is 0.0592. The lowest BCUT2D eigenvalue weighted by molar-refractivity contribution is -0.388. The number of rotatable bonds is 28. The maximum atomic E-state index is 15.0. The maximum absolute atomic E-state index is 15.0. The molecule has 0 spiro atoms. The van der Waals surface area contributed by atoms with Gasteiger partial charge in [-0.3, -0.25) is 71.9 Å². The first-order chi connectivity index (χ1) is 45.3. The maximum Gasteiger partial charge on any atom is 0.366 e. The van der Waals surface area contributed by atoms with Crippen molar-refractivity contribution in [1.82, 2.24) is 10.6 Å². The Bertz CT molecular complexity index is 2920. The van der Waals surface area contributed by atoms with Crippen molar-refractivity contribution < 1.29 is 176 Å². The Morgan fingerprint density at radius 1 is 0.392 bits per heavy atom. The van der Waals surface area contributed by atoms with Crippen LogP contribution >= 0.6 is 0 Å². The number of carbonyl (C=O) groups is 16. The van der Waals surface area contributed by atoms with E-state index in [2.05, 4.69) is 10.6 Å². The first kappa shape index (κ1) is 80.7. The fourth-order valence-corrected chi connectivity index (χ4v) is 10.7. The number of hydrogen-bond acceptors (Lipinski definition) is 37. The first-order valence-electron chi connectivity index (χ1n) is 29.6. The minimum Gasteiger partial charge on any atom is -0.465 e. The molecule has 544 valence electrons. The molecule has 4 aliphatic heterocycles. The molecule has 4 rings (SSSR count). The molecule has 97 heavy (non-hydrogen) atoms. The fraction of sp³-hybridized carbons (Fsp3) is 0.724. The second-order valence-corrected chi connectivity index (χ2v) is 22.0. The average Bonchev–Trinajstić information content (AvgIpc) is 0.751. The van der Waals surface area contributed by atoms with Crippen molar-refractivity contribution in [2.75, 3.05) is 33.5 Å². The van der Waals surface area contributed by atoms with Gasteiger partial charge in [-0.05, 0) is 0 Å². The normalized spacial score (nSPS) is 30.4. The number of ether oxygens (including phenoxy) is 21. The van der Waals surface area contributed by atoms with Gasteiger partial charge in [-0.25, -0.2) is 4.79 Å². The van der Waals surface area contributed by atoms with Gasteiger partial charge in [0.1, 0.15) is 75.2 Å². The lowest BCUT2D eigenvalue weighted by atomic mass is 9.87. The number of hydrogen-bond donors (Lipinski definition) is 2.